The molecule has 1 aromatic rings. The second-order valence-electron chi connectivity index (χ2n) is 4.73. The first kappa shape index (κ1) is 14.9. The number of anilines is 1. The quantitative estimate of drug-likeness (QED) is 0.585. The standard InChI is InChI=1S/C13H16N4O4/c1-4-21-12(20)13(17-8(3)18)5-9-6-14-7(2)15-10(9)16-11(13)19/h6H,4-5H2,1-3H3,(H,17,18)(H,14,15,16,19). The van der Waals surface area contributed by atoms with Crippen molar-refractivity contribution in [3.05, 3.63) is 17.6 Å². The lowest BCUT2D eigenvalue weighted by Gasteiger charge is -2.34. The molecule has 0 spiro atoms. The second-order valence-corrected chi connectivity index (χ2v) is 4.73. The van der Waals surface area contributed by atoms with Crippen LogP contribution < -0.4 is 10.6 Å². The maximum absolute atomic E-state index is 12.4. The number of aromatic nitrogens is 2. The van der Waals surface area contributed by atoms with Gasteiger partial charge in [0.05, 0.1) is 6.61 Å². The number of ether oxygens (including phenoxy) is 1. The number of hydrogen-bond acceptors (Lipinski definition) is 6. The van der Waals surface area contributed by atoms with Gasteiger partial charge in [0.2, 0.25) is 11.4 Å². The van der Waals surface area contributed by atoms with E-state index in [1.54, 1.807) is 13.8 Å². The number of rotatable bonds is 3. The number of esters is 1. The maximum atomic E-state index is 12.4. The average molecular weight is 292 g/mol. The minimum Gasteiger partial charge on any atom is -0.464 e. The van der Waals surface area contributed by atoms with E-state index in [2.05, 4.69) is 20.6 Å². The monoisotopic (exact) mass is 292 g/mol. The summed E-state index contributed by atoms with van der Waals surface area (Å²) < 4.78 is 4.94. The third-order valence-corrected chi connectivity index (χ3v) is 3.07. The topological polar surface area (TPSA) is 110 Å². The Labute approximate surface area is 121 Å². The predicted octanol–water partition coefficient (Wildman–Crippen LogP) is -0.282. The zero-order valence-corrected chi connectivity index (χ0v) is 12.0. The van der Waals surface area contributed by atoms with Crippen molar-refractivity contribution in [1.29, 1.82) is 0 Å². The number of carbonyl (C=O) groups is 3. The van der Waals surface area contributed by atoms with Gasteiger partial charge >= 0.3 is 5.97 Å². The molecule has 1 unspecified atom stereocenters. The molecule has 112 valence electrons. The molecular formula is C13H16N4O4. The molecule has 0 saturated heterocycles. The maximum Gasteiger partial charge on any atom is 0.342 e. The Hall–Kier alpha value is -2.51. The van der Waals surface area contributed by atoms with E-state index in [0.717, 1.165) is 0 Å². The number of nitrogens with zero attached hydrogens (tertiary/aromatic N) is 2. The zero-order chi connectivity index (χ0) is 15.6. The van der Waals surface area contributed by atoms with Crippen molar-refractivity contribution in [1.82, 2.24) is 15.3 Å². The van der Waals surface area contributed by atoms with E-state index in [4.69, 9.17) is 4.74 Å². The van der Waals surface area contributed by atoms with Crippen LogP contribution in [0.3, 0.4) is 0 Å². The molecular weight excluding hydrogens is 276 g/mol. The summed E-state index contributed by atoms with van der Waals surface area (Å²) in [4.78, 5) is 44.1. The molecule has 2 rings (SSSR count). The number of amides is 2. The molecule has 1 atom stereocenters. The van der Waals surface area contributed by atoms with Gasteiger partial charge in [0.15, 0.2) is 0 Å². The van der Waals surface area contributed by atoms with Crippen LogP contribution in [0.5, 0.6) is 0 Å². The Kier molecular flexibility index (Phi) is 3.88. The summed E-state index contributed by atoms with van der Waals surface area (Å²) in [6.45, 7) is 4.65. The van der Waals surface area contributed by atoms with Gasteiger partial charge in [-0.3, -0.25) is 9.59 Å². The summed E-state index contributed by atoms with van der Waals surface area (Å²) in [5.74, 6) is -1.13. The Morgan fingerprint density at radius 2 is 2.24 bits per heavy atom. The molecule has 8 heteroatoms. The van der Waals surface area contributed by atoms with Gasteiger partial charge in [-0.2, -0.15) is 0 Å². The molecule has 0 aliphatic carbocycles. The van der Waals surface area contributed by atoms with Crippen LogP contribution in [0.15, 0.2) is 6.20 Å². The van der Waals surface area contributed by atoms with Crippen molar-refractivity contribution in [3.63, 3.8) is 0 Å². The van der Waals surface area contributed by atoms with Crippen LogP contribution >= 0.6 is 0 Å². The van der Waals surface area contributed by atoms with Crippen LogP contribution in [0.1, 0.15) is 25.2 Å². The van der Waals surface area contributed by atoms with Crippen molar-refractivity contribution < 1.29 is 19.1 Å². The van der Waals surface area contributed by atoms with Gasteiger partial charge in [-0.1, -0.05) is 0 Å². The van der Waals surface area contributed by atoms with Crippen molar-refractivity contribution in [2.24, 2.45) is 0 Å². The van der Waals surface area contributed by atoms with Crippen LogP contribution in [0, 0.1) is 6.92 Å². The van der Waals surface area contributed by atoms with Crippen LogP contribution in [0.2, 0.25) is 0 Å². The van der Waals surface area contributed by atoms with E-state index in [1.807, 2.05) is 0 Å². The summed E-state index contributed by atoms with van der Waals surface area (Å²) in [6.07, 6.45) is 1.47. The van der Waals surface area contributed by atoms with E-state index in [-0.39, 0.29) is 13.0 Å². The van der Waals surface area contributed by atoms with Gasteiger partial charge in [0.1, 0.15) is 11.6 Å². The molecule has 2 heterocycles. The van der Waals surface area contributed by atoms with Crippen molar-refractivity contribution >= 4 is 23.6 Å². The fourth-order valence-corrected chi connectivity index (χ4v) is 2.18. The molecule has 2 amide bonds. The molecule has 0 radical (unpaired) electrons. The van der Waals surface area contributed by atoms with E-state index in [9.17, 15) is 14.4 Å². The number of nitrogens with one attached hydrogen (secondary N) is 2. The van der Waals surface area contributed by atoms with Crippen LogP contribution in [0.25, 0.3) is 0 Å². The zero-order valence-electron chi connectivity index (χ0n) is 12.0. The predicted molar refractivity (Wildman–Crippen MR) is 72.3 cm³/mol. The third kappa shape index (κ3) is 2.69. The minimum absolute atomic E-state index is 0.0488. The molecule has 2 N–H and O–H groups in total. The van der Waals surface area contributed by atoms with Crippen molar-refractivity contribution in [2.75, 3.05) is 11.9 Å². The van der Waals surface area contributed by atoms with E-state index < -0.39 is 23.3 Å². The summed E-state index contributed by atoms with van der Waals surface area (Å²) in [5.41, 5.74) is -1.23. The van der Waals surface area contributed by atoms with E-state index in [1.165, 1.54) is 13.1 Å². The van der Waals surface area contributed by atoms with E-state index >= 15 is 0 Å². The van der Waals surface area contributed by atoms with Gasteiger partial charge in [-0.05, 0) is 13.8 Å². The fraction of sp³-hybridized carbons (Fsp3) is 0.462. The lowest BCUT2D eigenvalue weighted by molar-refractivity contribution is -0.157. The Morgan fingerprint density at radius 3 is 2.86 bits per heavy atom. The van der Waals surface area contributed by atoms with Crippen molar-refractivity contribution in [2.45, 2.75) is 32.7 Å². The van der Waals surface area contributed by atoms with Gasteiger partial charge < -0.3 is 15.4 Å². The molecule has 1 aliphatic rings. The molecule has 0 fully saturated rings. The first-order chi connectivity index (χ1) is 9.89. The number of hydrogen-bond donors (Lipinski definition) is 2. The highest BCUT2D eigenvalue weighted by molar-refractivity contribution is 6.16. The van der Waals surface area contributed by atoms with Gasteiger partial charge in [0, 0.05) is 25.1 Å². The highest BCUT2D eigenvalue weighted by Gasteiger charge is 2.51. The Morgan fingerprint density at radius 1 is 1.52 bits per heavy atom. The van der Waals surface area contributed by atoms with E-state index in [0.29, 0.717) is 17.2 Å². The lowest BCUT2D eigenvalue weighted by atomic mass is 9.87. The first-order valence-electron chi connectivity index (χ1n) is 6.49. The van der Waals surface area contributed by atoms with Crippen LogP contribution in [-0.2, 0) is 25.5 Å². The molecule has 21 heavy (non-hydrogen) atoms. The number of aryl methyl sites for hydroxylation is 1. The van der Waals surface area contributed by atoms with Crippen LogP contribution in [-0.4, -0.2) is 39.9 Å². The second kappa shape index (κ2) is 5.47. The largest absolute Gasteiger partial charge is 0.464 e. The number of carbonyl (C=O) groups excluding carboxylic acids is 3. The number of fused-ring (bicyclic) bond motifs is 1. The van der Waals surface area contributed by atoms with Crippen molar-refractivity contribution in [3.8, 4) is 0 Å². The average Bonchev–Trinajstić information content (AvgIpc) is 2.39. The summed E-state index contributed by atoms with van der Waals surface area (Å²) in [7, 11) is 0. The van der Waals surface area contributed by atoms with Gasteiger partial charge in [-0.15, -0.1) is 0 Å². The summed E-state index contributed by atoms with van der Waals surface area (Å²) >= 11 is 0. The minimum atomic E-state index is -1.78. The van der Waals surface area contributed by atoms with Gasteiger partial charge in [0.25, 0.3) is 5.91 Å². The van der Waals surface area contributed by atoms with Gasteiger partial charge in [-0.25, -0.2) is 14.8 Å². The first-order valence-corrected chi connectivity index (χ1v) is 6.49. The highest BCUT2D eigenvalue weighted by Crippen LogP contribution is 2.27. The summed E-state index contributed by atoms with van der Waals surface area (Å²) in [6, 6.07) is 0. The lowest BCUT2D eigenvalue weighted by Crippen LogP contribution is -2.65. The Bertz CT molecular complexity index is 616. The molecule has 0 aromatic carbocycles. The molecule has 0 saturated carbocycles. The molecule has 8 nitrogen and oxygen atoms in total. The Balaban J connectivity index is 2.46. The molecule has 0 bridgehead atoms. The molecule has 1 aromatic heterocycles. The van der Waals surface area contributed by atoms with Crippen LogP contribution in [0.4, 0.5) is 5.82 Å². The SMILES string of the molecule is CCOC(=O)C1(NC(C)=O)Cc2cnc(C)nc2NC1=O. The molecule has 1 aliphatic heterocycles. The fourth-order valence-electron chi connectivity index (χ4n) is 2.18. The smallest absolute Gasteiger partial charge is 0.342 e. The highest BCUT2D eigenvalue weighted by atomic mass is 16.5. The summed E-state index contributed by atoms with van der Waals surface area (Å²) in [5, 5.41) is 4.93. The normalized spacial score (nSPS) is 20.2. The third-order valence-electron chi connectivity index (χ3n) is 3.07.